The number of nitrogens with one attached hydrogen (secondary N) is 1. The molecule has 1 saturated heterocycles. The van der Waals surface area contributed by atoms with Crippen LogP contribution in [0.4, 0.5) is 32.0 Å². The van der Waals surface area contributed by atoms with Crippen LogP contribution >= 0.6 is 11.8 Å². The lowest BCUT2D eigenvalue weighted by Crippen LogP contribution is -2.39. The molecule has 2 aromatic carbocycles. The number of pyridine rings is 1. The Bertz CT molecular complexity index is 1320. The van der Waals surface area contributed by atoms with E-state index >= 15 is 0 Å². The molecule has 0 unspecified atom stereocenters. The Kier molecular flexibility index (Phi) is 8.86. The molecule has 1 aromatic heterocycles. The minimum atomic E-state index is -5.32. The maximum Gasteiger partial charge on any atom is 0.418 e. The van der Waals surface area contributed by atoms with Crippen LogP contribution in [-0.2, 0) is 28.4 Å². The SMILES string of the molecule is O=C(/C=C/c1ccc(Sc2cccc(NCc3ccncc3)c2)c(C(F)(F)F)c1C(F)(F)F)N1CCOCC1. The van der Waals surface area contributed by atoms with Crippen molar-refractivity contribution in [2.45, 2.75) is 28.7 Å². The maximum absolute atomic E-state index is 14.2. The molecule has 0 spiro atoms. The van der Waals surface area contributed by atoms with Crippen molar-refractivity contribution < 1.29 is 35.9 Å². The van der Waals surface area contributed by atoms with Crippen molar-refractivity contribution in [3.63, 3.8) is 0 Å². The third-order valence-electron chi connectivity index (χ3n) is 5.80. The smallest absolute Gasteiger partial charge is 0.381 e. The maximum atomic E-state index is 14.2. The quantitative estimate of drug-likeness (QED) is 0.253. The van der Waals surface area contributed by atoms with Gasteiger partial charge in [-0.25, -0.2) is 0 Å². The Morgan fingerprint density at radius 3 is 2.33 bits per heavy atom. The van der Waals surface area contributed by atoms with E-state index in [9.17, 15) is 31.1 Å². The minimum Gasteiger partial charge on any atom is -0.381 e. The third-order valence-corrected chi connectivity index (χ3v) is 6.85. The van der Waals surface area contributed by atoms with Gasteiger partial charge in [0.05, 0.1) is 24.3 Å². The Morgan fingerprint density at radius 1 is 0.974 bits per heavy atom. The average molecular weight is 568 g/mol. The molecule has 1 aliphatic heterocycles. The van der Waals surface area contributed by atoms with Crippen molar-refractivity contribution in [3.8, 4) is 0 Å². The number of halogens is 6. The molecule has 12 heteroatoms. The van der Waals surface area contributed by atoms with E-state index in [4.69, 9.17) is 4.74 Å². The van der Waals surface area contributed by atoms with Gasteiger partial charge in [0.1, 0.15) is 0 Å². The largest absolute Gasteiger partial charge is 0.418 e. The number of benzene rings is 2. The Morgan fingerprint density at radius 2 is 1.67 bits per heavy atom. The van der Waals surface area contributed by atoms with Gasteiger partial charge in [0.25, 0.3) is 0 Å². The van der Waals surface area contributed by atoms with Crippen molar-refractivity contribution in [3.05, 3.63) is 89.3 Å². The Balaban J connectivity index is 1.65. The summed E-state index contributed by atoms with van der Waals surface area (Å²) in [5.41, 5.74) is -2.86. The summed E-state index contributed by atoms with van der Waals surface area (Å²) in [6, 6.07) is 11.9. The number of rotatable bonds is 7. The van der Waals surface area contributed by atoms with Gasteiger partial charge in [-0.3, -0.25) is 9.78 Å². The Labute approximate surface area is 224 Å². The molecular formula is C27H23F6N3O2S. The van der Waals surface area contributed by atoms with Crippen LogP contribution in [0.3, 0.4) is 0 Å². The number of carbonyl (C=O) groups excluding carboxylic acids is 1. The number of aromatic nitrogens is 1. The molecule has 1 amide bonds. The van der Waals surface area contributed by atoms with Gasteiger partial charge >= 0.3 is 12.4 Å². The van der Waals surface area contributed by atoms with Gasteiger partial charge in [-0.2, -0.15) is 26.3 Å². The normalized spacial score (nSPS) is 14.6. The minimum absolute atomic E-state index is 0.245. The summed E-state index contributed by atoms with van der Waals surface area (Å²) < 4.78 is 89.9. The molecule has 0 saturated carbocycles. The van der Waals surface area contributed by atoms with Crippen molar-refractivity contribution in [2.24, 2.45) is 0 Å². The lowest BCUT2D eigenvalue weighted by molar-refractivity contribution is -0.163. The second kappa shape index (κ2) is 12.1. The molecule has 0 atom stereocenters. The van der Waals surface area contributed by atoms with Gasteiger partial charge in [-0.15, -0.1) is 0 Å². The molecular weight excluding hydrogens is 544 g/mol. The van der Waals surface area contributed by atoms with Gasteiger partial charge in [-0.1, -0.05) is 23.9 Å². The first-order valence-corrected chi connectivity index (χ1v) is 12.6. The van der Waals surface area contributed by atoms with Crippen LogP contribution in [0.15, 0.2) is 76.8 Å². The van der Waals surface area contributed by atoms with Crippen molar-refractivity contribution in [1.29, 1.82) is 0 Å². The average Bonchev–Trinajstić information content (AvgIpc) is 2.91. The number of ether oxygens (including phenoxy) is 1. The standard InChI is InChI=1S/C27H23F6N3O2S/c28-26(29,30)24-19(5-7-23(37)36-12-14-38-15-13-36)4-6-22(25(24)27(31,32)33)39-21-3-1-2-20(16-21)35-17-18-8-10-34-11-9-18/h1-11,16,35H,12-15,17H2/b7-5+. The number of morpholine rings is 1. The first kappa shape index (κ1) is 28.5. The van der Waals surface area contributed by atoms with Crippen molar-refractivity contribution >= 4 is 29.4 Å². The second-order valence-electron chi connectivity index (χ2n) is 8.51. The molecule has 0 aliphatic carbocycles. The predicted octanol–water partition coefficient (Wildman–Crippen LogP) is 6.75. The monoisotopic (exact) mass is 567 g/mol. The van der Waals surface area contributed by atoms with Gasteiger partial charge in [0, 0.05) is 53.6 Å². The fourth-order valence-electron chi connectivity index (χ4n) is 3.96. The summed E-state index contributed by atoms with van der Waals surface area (Å²) >= 11 is 0.580. The lowest BCUT2D eigenvalue weighted by atomic mass is 9.99. The first-order chi connectivity index (χ1) is 18.5. The van der Waals surface area contributed by atoms with Gasteiger partial charge in [-0.05, 0) is 53.6 Å². The lowest BCUT2D eigenvalue weighted by Gasteiger charge is -2.25. The van der Waals surface area contributed by atoms with E-state index in [0.29, 0.717) is 28.9 Å². The van der Waals surface area contributed by atoms with Gasteiger partial charge < -0.3 is 15.0 Å². The van der Waals surface area contributed by atoms with Crippen LogP contribution in [0.1, 0.15) is 22.3 Å². The molecule has 1 N–H and O–H groups in total. The number of nitrogens with zero attached hydrogens (tertiary/aromatic N) is 2. The highest BCUT2D eigenvalue weighted by atomic mass is 32.2. The molecule has 5 nitrogen and oxygen atoms in total. The van der Waals surface area contributed by atoms with Gasteiger partial charge in [0.2, 0.25) is 5.91 Å². The van der Waals surface area contributed by atoms with Crippen LogP contribution in [0.2, 0.25) is 0 Å². The van der Waals surface area contributed by atoms with Gasteiger partial charge in [0.15, 0.2) is 0 Å². The number of amides is 1. The second-order valence-corrected chi connectivity index (χ2v) is 9.62. The predicted molar refractivity (Wildman–Crippen MR) is 135 cm³/mol. The molecule has 0 radical (unpaired) electrons. The number of alkyl halides is 6. The summed E-state index contributed by atoms with van der Waals surface area (Å²) in [4.78, 5) is 17.4. The van der Waals surface area contributed by atoms with Crippen LogP contribution in [0.5, 0.6) is 0 Å². The van der Waals surface area contributed by atoms with E-state index in [1.165, 1.54) is 11.0 Å². The first-order valence-electron chi connectivity index (χ1n) is 11.8. The number of carbonyl (C=O) groups is 1. The molecule has 3 aromatic rings. The van der Waals surface area contributed by atoms with Crippen LogP contribution in [0.25, 0.3) is 6.08 Å². The van der Waals surface area contributed by atoms with Crippen LogP contribution in [0, 0.1) is 0 Å². The molecule has 4 rings (SSSR count). The highest BCUT2D eigenvalue weighted by Crippen LogP contribution is 2.48. The fourth-order valence-corrected chi connectivity index (χ4v) is 5.00. The number of anilines is 1. The summed E-state index contributed by atoms with van der Waals surface area (Å²) in [6.07, 6.45) is -5.73. The van der Waals surface area contributed by atoms with Crippen molar-refractivity contribution in [1.82, 2.24) is 9.88 Å². The zero-order valence-electron chi connectivity index (χ0n) is 20.4. The Hall–Kier alpha value is -3.51. The summed E-state index contributed by atoms with van der Waals surface area (Å²) in [5, 5.41) is 3.13. The third kappa shape index (κ3) is 7.54. The highest BCUT2D eigenvalue weighted by molar-refractivity contribution is 7.99. The fraction of sp³-hybridized carbons (Fsp3) is 0.259. The summed E-state index contributed by atoms with van der Waals surface area (Å²) in [7, 11) is 0. The topological polar surface area (TPSA) is 54.5 Å². The number of hydrogen-bond acceptors (Lipinski definition) is 5. The van der Waals surface area contributed by atoms with Crippen LogP contribution < -0.4 is 5.32 Å². The molecule has 206 valence electrons. The van der Waals surface area contributed by atoms with Crippen molar-refractivity contribution in [2.75, 3.05) is 31.6 Å². The van der Waals surface area contributed by atoms with E-state index < -0.39 is 39.8 Å². The van der Waals surface area contributed by atoms with E-state index in [2.05, 4.69) is 10.3 Å². The number of hydrogen-bond donors (Lipinski definition) is 1. The van der Waals surface area contributed by atoms with E-state index in [1.54, 1.807) is 42.7 Å². The zero-order valence-corrected chi connectivity index (χ0v) is 21.2. The molecule has 0 bridgehead atoms. The summed E-state index contributed by atoms with van der Waals surface area (Å²) in [6.45, 7) is 1.47. The zero-order chi connectivity index (χ0) is 28.0. The summed E-state index contributed by atoms with van der Waals surface area (Å²) in [5.74, 6) is -0.602. The molecule has 39 heavy (non-hydrogen) atoms. The molecule has 2 heterocycles. The molecule has 1 aliphatic rings. The van der Waals surface area contributed by atoms with E-state index in [0.717, 1.165) is 29.8 Å². The van der Waals surface area contributed by atoms with E-state index in [-0.39, 0.29) is 26.3 Å². The highest BCUT2D eigenvalue weighted by Gasteiger charge is 2.46. The molecule has 1 fully saturated rings. The van der Waals surface area contributed by atoms with E-state index in [1.807, 2.05) is 0 Å². The van der Waals surface area contributed by atoms with Crippen LogP contribution in [-0.4, -0.2) is 42.1 Å².